The SMILES string of the molecule is CC(=O)N(C)c1ccc(N2C(=O)/C(=C\c3ccccc3)N=C2c2ccccc2)cc1. The summed E-state index contributed by atoms with van der Waals surface area (Å²) in [5, 5.41) is 0. The van der Waals surface area contributed by atoms with Gasteiger partial charge in [0.05, 0.1) is 5.69 Å². The first-order valence-corrected chi connectivity index (χ1v) is 9.64. The van der Waals surface area contributed by atoms with Crippen LogP contribution >= 0.6 is 0 Å². The van der Waals surface area contributed by atoms with Crippen molar-refractivity contribution in [2.45, 2.75) is 6.92 Å². The summed E-state index contributed by atoms with van der Waals surface area (Å²) in [4.78, 5) is 32.8. The molecule has 1 aliphatic rings. The molecule has 5 nitrogen and oxygen atoms in total. The molecular formula is C25H21N3O2. The molecule has 30 heavy (non-hydrogen) atoms. The Morgan fingerprint density at radius 3 is 2.10 bits per heavy atom. The fourth-order valence-electron chi connectivity index (χ4n) is 3.25. The lowest BCUT2D eigenvalue weighted by atomic mass is 10.1. The largest absolute Gasteiger partial charge is 0.316 e. The van der Waals surface area contributed by atoms with Gasteiger partial charge in [0, 0.05) is 25.2 Å². The van der Waals surface area contributed by atoms with E-state index in [1.807, 2.05) is 84.9 Å². The first-order valence-electron chi connectivity index (χ1n) is 9.64. The third-order valence-corrected chi connectivity index (χ3v) is 4.96. The fraction of sp³-hybridized carbons (Fsp3) is 0.0800. The Kier molecular flexibility index (Phi) is 5.26. The molecule has 1 aliphatic heterocycles. The number of carbonyl (C=O) groups excluding carboxylic acids is 2. The van der Waals surface area contributed by atoms with E-state index in [2.05, 4.69) is 4.99 Å². The van der Waals surface area contributed by atoms with E-state index >= 15 is 0 Å². The molecule has 0 aliphatic carbocycles. The zero-order chi connectivity index (χ0) is 21.1. The number of anilines is 2. The molecular weight excluding hydrogens is 374 g/mol. The maximum absolute atomic E-state index is 13.3. The van der Waals surface area contributed by atoms with Crippen molar-refractivity contribution in [3.63, 3.8) is 0 Å². The van der Waals surface area contributed by atoms with Gasteiger partial charge in [-0.25, -0.2) is 4.99 Å². The fourth-order valence-corrected chi connectivity index (χ4v) is 3.25. The predicted molar refractivity (Wildman–Crippen MR) is 120 cm³/mol. The minimum absolute atomic E-state index is 0.0559. The monoisotopic (exact) mass is 395 g/mol. The Morgan fingerprint density at radius 1 is 0.900 bits per heavy atom. The smallest absolute Gasteiger partial charge is 0.282 e. The number of amides is 2. The number of aliphatic imine (C=N–C) groups is 1. The number of hydrogen-bond donors (Lipinski definition) is 0. The molecule has 0 bridgehead atoms. The van der Waals surface area contributed by atoms with E-state index in [-0.39, 0.29) is 11.8 Å². The van der Waals surface area contributed by atoms with E-state index in [1.165, 1.54) is 6.92 Å². The van der Waals surface area contributed by atoms with Gasteiger partial charge < -0.3 is 4.90 Å². The van der Waals surface area contributed by atoms with Crippen LogP contribution in [0.2, 0.25) is 0 Å². The lowest BCUT2D eigenvalue weighted by molar-refractivity contribution is -0.116. The van der Waals surface area contributed by atoms with Crippen LogP contribution in [0.1, 0.15) is 18.1 Å². The molecule has 0 saturated heterocycles. The third-order valence-electron chi connectivity index (χ3n) is 4.96. The minimum atomic E-state index is -0.189. The van der Waals surface area contributed by atoms with Crippen LogP contribution in [0.4, 0.5) is 11.4 Å². The molecule has 0 aromatic heterocycles. The molecule has 0 saturated carbocycles. The first-order chi connectivity index (χ1) is 14.5. The minimum Gasteiger partial charge on any atom is -0.316 e. The second-order valence-corrected chi connectivity index (χ2v) is 6.98. The van der Waals surface area contributed by atoms with Gasteiger partial charge in [-0.15, -0.1) is 0 Å². The van der Waals surface area contributed by atoms with Crippen molar-refractivity contribution in [2.75, 3.05) is 16.8 Å². The molecule has 2 amide bonds. The van der Waals surface area contributed by atoms with Crippen molar-refractivity contribution in [3.8, 4) is 0 Å². The van der Waals surface area contributed by atoms with Gasteiger partial charge in [-0.2, -0.15) is 0 Å². The van der Waals surface area contributed by atoms with Crippen molar-refractivity contribution in [2.24, 2.45) is 4.99 Å². The van der Waals surface area contributed by atoms with E-state index in [9.17, 15) is 9.59 Å². The van der Waals surface area contributed by atoms with Gasteiger partial charge in [-0.1, -0.05) is 60.7 Å². The number of hydrogen-bond acceptors (Lipinski definition) is 3. The van der Waals surface area contributed by atoms with Crippen LogP contribution in [0, 0.1) is 0 Å². The van der Waals surface area contributed by atoms with Gasteiger partial charge in [0.25, 0.3) is 5.91 Å². The van der Waals surface area contributed by atoms with E-state index in [0.29, 0.717) is 17.2 Å². The normalized spacial score (nSPS) is 14.7. The second-order valence-electron chi connectivity index (χ2n) is 6.98. The number of carbonyl (C=O) groups is 2. The van der Waals surface area contributed by atoms with Crippen molar-refractivity contribution in [1.82, 2.24) is 0 Å². The van der Waals surface area contributed by atoms with Crippen LogP contribution in [-0.2, 0) is 9.59 Å². The molecule has 1 heterocycles. The number of rotatable bonds is 4. The van der Waals surface area contributed by atoms with Crippen LogP contribution in [0.15, 0.2) is 95.6 Å². The molecule has 0 atom stereocenters. The summed E-state index contributed by atoms with van der Waals surface area (Å²) in [6.45, 7) is 1.51. The van der Waals surface area contributed by atoms with Crippen LogP contribution in [0.25, 0.3) is 6.08 Å². The van der Waals surface area contributed by atoms with Crippen LogP contribution in [0.5, 0.6) is 0 Å². The highest BCUT2D eigenvalue weighted by molar-refractivity contribution is 6.33. The molecule has 4 rings (SSSR count). The molecule has 148 valence electrons. The quantitative estimate of drug-likeness (QED) is 0.611. The molecule has 0 fully saturated rings. The van der Waals surface area contributed by atoms with E-state index < -0.39 is 0 Å². The Labute approximate surface area is 175 Å². The molecule has 3 aromatic rings. The number of nitrogens with zero attached hydrogens (tertiary/aromatic N) is 3. The Bertz CT molecular complexity index is 1130. The average Bonchev–Trinajstić information content (AvgIpc) is 3.10. The maximum Gasteiger partial charge on any atom is 0.282 e. The van der Waals surface area contributed by atoms with E-state index in [1.54, 1.807) is 22.9 Å². The highest BCUT2D eigenvalue weighted by Gasteiger charge is 2.32. The lowest BCUT2D eigenvalue weighted by Gasteiger charge is -2.20. The molecule has 3 aromatic carbocycles. The zero-order valence-corrected chi connectivity index (χ0v) is 16.8. The molecule has 0 N–H and O–H groups in total. The summed E-state index contributed by atoms with van der Waals surface area (Å²) in [6, 6.07) is 26.6. The highest BCUT2D eigenvalue weighted by atomic mass is 16.2. The van der Waals surface area contributed by atoms with Gasteiger partial charge in [0.2, 0.25) is 5.91 Å². The van der Waals surface area contributed by atoms with E-state index in [0.717, 1.165) is 16.8 Å². The Balaban J connectivity index is 1.76. The van der Waals surface area contributed by atoms with Gasteiger partial charge >= 0.3 is 0 Å². The summed E-state index contributed by atoms with van der Waals surface area (Å²) in [5.74, 6) is 0.334. The summed E-state index contributed by atoms with van der Waals surface area (Å²) >= 11 is 0. The first kappa shape index (κ1) is 19.3. The lowest BCUT2D eigenvalue weighted by Crippen LogP contribution is -2.32. The topological polar surface area (TPSA) is 53.0 Å². The Hall–Kier alpha value is -3.99. The molecule has 0 spiro atoms. The van der Waals surface area contributed by atoms with Crippen LogP contribution in [-0.4, -0.2) is 24.7 Å². The standard InChI is InChI=1S/C25H21N3O2/c1-18(29)27(2)21-13-15-22(16-14-21)28-24(20-11-7-4-8-12-20)26-23(25(28)30)17-19-9-5-3-6-10-19/h3-17H,1-2H3/b23-17+. The van der Waals surface area contributed by atoms with Crippen molar-refractivity contribution >= 4 is 35.1 Å². The summed E-state index contributed by atoms with van der Waals surface area (Å²) in [7, 11) is 1.72. The van der Waals surface area contributed by atoms with Crippen LogP contribution in [0.3, 0.4) is 0 Å². The average molecular weight is 395 g/mol. The van der Waals surface area contributed by atoms with Gasteiger partial charge in [0.1, 0.15) is 11.5 Å². The summed E-state index contributed by atoms with van der Waals surface area (Å²) < 4.78 is 0. The van der Waals surface area contributed by atoms with Crippen LogP contribution < -0.4 is 9.80 Å². The number of amidine groups is 1. The maximum atomic E-state index is 13.3. The van der Waals surface area contributed by atoms with Gasteiger partial charge in [-0.05, 0) is 35.9 Å². The van der Waals surface area contributed by atoms with Gasteiger partial charge in [0.15, 0.2) is 0 Å². The molecule has 0 unspecified atom stereocenters. The summed E-state index contributed by atoms with van der Waals surface area (Å²) in [6.07, 6.45) is 1.79. The molecule has 5 heteroatoms. The number of benzene rings is 3. The van der Waals surface area contributed by atoms with Crippen molar-refractivity contribution in [3.05, 3.63) is 102 Å². The summed E-state index contributed by atoms with van der Waals surface area (Å²) in [5.41, 5.74) is 3.60. The zero-order valence-electron chi connectivity index (χ0n) is 16.8. The van der Waals surface area contributed by atoms with E-state index in [4.69, 9.17) is 0 Å². The predicted octanol–water partition coefficient (Wildman–Crippen LogP) is 4.50. The highest BCUT2D eigenvalue weighted by Crippen LogP contribution is 2.29. The Morgan fingerprint density at radius 2 is 1.50 bits per heavy atom. The van der Waals surface area contributed by atoms with Crippen molar-refractivity contribution < 1.29 is 9.59 Å². The van der Waals surface area contributed by atoms with Gasteiger partial charge in [-0.3, -0.25) is 14.5 Å². The second kappa shape index (κ2) is 8.17. The van der Waals surface area contributed by atoms with Crippen molar-refractivity contribution in [1.29, 1.82) is 0 Å². The third kappa shape index (κ3) is 3.78. The molecule has 0 radical (unpaired) electrons.